The number of H-pyrrole nitrogens is 3. The van der Waals surface area contributed by atoms with E-state index in [9.17, 15) is 4.79 Å². The second-order valence-electron chi connectivity index (χ2n) is 19.8. The molecule has 10 rings (SSSR count). The zero-order valence-corrected chi connectivity index (χ0v) is 42.4. The van der Waals surface area contributed by atoms with Crippen LogP contribution >= 0.6 is 0 Å². The SMILES string of the molecule is COC1=CC(c2cc3ccccc3n2C(=O)c2ccc(N(Cc3cc(C)[nH]c3/C=c3\[nH]c(=C4N=c5ccccc5=C4CN4CCC(NC(C)C)CC4)cc3OC)C(C)C)cc2)=N/C1=C\c1[nH]c(C)cc1C. The van der Waals surface area contributed by atoms with Crippen molar-refractivity contribution < 1.29 is 14.3 Å². The summed E-state index contributed by atoms with van der Waals surface area (Å²) in [5.41, 5.74) is 13.0. The number of methoxy groups -OCH3 is 2. The van der Waals surface area contributed by atoms with E-state index in [0.717, 1.165) is 110 Å². The van der Waals surface area contributed by atoms with E-state index in [-0.39, 0.29) is 11.9 Å². The smallest absolute Gasteiger partial charge is 0.262 e. The van der Waals surface area contributed by atoms with Gasteiger partial charge in [0.25, 0.3) is 5.91 Å². The van der Waals surface area contributed by atoms with Gasteiger partial charge in [-0.2, -0.15) is 0 Å². The third kappa shape index (κ3) is 9.61. The Labute approximate surface area is 415 Å². The lowest BCUT2D eigenvalue weighted by Crippen LogP contribution is -2.45. The van der Waals surface area contributed by atoms with Crippen molar-refractivity contribution in [2.24, 2.45) is 9.98 Å². The summed E-state index contributed by atoms with van der Waals surface area (Å²) in [7, 11) is 3.37. The normalized spacial score (nSPS) is 16.9. The predicted octanol–water partition coefficient (Wildman–Crippen LogP) is 7.92. The standard InChI is InChI=1S/C59H65N9O3/c1-35(2)60-43-22-24-66(25-23-43)34-46-45-15-11-12-16-47(45)65-58(46)53-32-57(71-9)52(64-53)30-49-42(27-39(7)62-49)33-67(36(3)4)44-20-18-40(19-21-44)59(69)68-54-17-13-10-14-41(54)28-55(68)50-31-56(70-8)51(63-50)29-48-37(5)26-38(6)61-48/h10-21,26-32,35-36,43,60-62,64H,22-25,33-34H2,1-9H3/b51-29-,52-30-,58-53?. The topological polar surface area (TPSA) is 131 Å². The van der Waals surface area contributed by atoms with Crippen LogP contribution in [0.15, 0.2) is 125 Å². The summed E-state index contributed by atoms with van der Waals surface area (Å²) >= 11 is 0. The summed E-state index contributed by atoms with van der Waals surface area (Å²) in [5.74, 6) is 1.25. The van der Waals surface area contributed by atoms with Crippen molar-refractivity contribution in [3.8, 4) is 5.75 Å². The summed E-state index contributed by atoms with van der Waals surface area (Å²) in [6, 6.07) is 34.1. The fourth-order valence-electron chi connectivity index (χ4n) is 10.5. The highest BCUT2D eigenvalue weighted by Gasteiger charge is 2.27. The maximum Gasteiger partial charge on any atom is 0.262 e. The molecule has 364 valence electrons. The number of nitrogens with zero attached hydrogens (tertiary/aromatic N) is 5. The van der Waals surface area contributed by atoms with Crippen LogP contribution in [0.25, 0.3) is 34.3 Å². The largest absolute Gasteiger partial charge is 0.494 e. The number of aliphatic imine (C=N–C) groups is 1. The number of hydrogen-bond acceptors (Lipinski definition) is 8. The second-order valence-corrected chi connectivity index (χ2v) is 19.8. The van der Waals surface area contributed by atoms with Crippen molar-refractivity contribution in [2.45, 2.75) is 86.0 Å². The first kappa shape index (κ1) is 47.3. The molecule has 0 radical (unpaired) electrons. The van der Waals surface area contributed by atoms with Crippen molar-refractivity contribution in [2.75, 3.05) is 38.8 Å². The van der Waals surface area contributed by atoms with Gasteiger partial charge in [-0.25, -0.2) is 9.98 Å². The molecule has 7 aromatic rings. The van der Waals surface area contributed by atoms with E-state index in [1.165, 1.54) is 10.8 Å². The highest BCUT2D eigenvalue weighted by atomic mass is 16.5. The Morgan fingerprint density at radius 3 is 2.28 bits per heavy atom. The van der Waals surface area contributed by atoms with Crippen LogP contribution in [0, 0.1) is 20.8 Å². The van der Waals surface area contributed by atoms with Gasteiger partial charge in [-0.3, -0.25) is 14.3 Å². The van der Waals surface area contributed by atoms with Crippen molar-refractivity contribution in [1.82, 2.24) is 29.7 Å². The monoisotopic (exact) mass is 948 g/mol. The molecule has 0 spiro atoms. The summed E-state index contributed by atoms with van der Waals surface area (Å²) in [6.07, 6.45) is 8.34. The van der Waals surface area contributed by atoms with Gasteiger partial charge in [0.15, 0.2) is 0 Å². The quantitative estimate of drug-likeness (QED) is 0.0877. The number of aromatic amines is 3. The number of allylic oxidation sites excluding steroid dienone is 1. The third-order valence-electron chi connectivity index (χ3n) is 14.0. The van der Waals surface area contributed by atoms with Crippen LogP contribution < -0.4 is 36.2 Å². The number of carbonyl (C=O) groups is 1. The zero-order chi connectivity index (χ0) is 49.5. The average molecular weight is 948 g/mol. The van der Waals surface area contributed by atoms with E-state index in [0.29, 0.717) is 47.1 Å². The Bertz CT molecular complexity index is 3510. The van der Waals surface area contributed by atoms with E-state index in [1.807, 2.05) is 61.5 Å². The summed E-state index contributed by atoms with van der Waals surface area (Å²) in [4.78, 5) is 40.7. The van der Waals surface area contributed by atoms with Crippen LogP contribution in [-0.2, 0) is 11.3 Å². The van der Waals surface area contributed by atoms with Crippen molar-refractivity contribution in [1.29, 1.82) is 0 Å². The number of benzene rings is 3. The molecule has 0 bridgehead atoms. The minimum Gasteiger partial charge on any atom is -0.494 e. The number of ether oxygens (including phenoxy) is 2. The Kier molecular flexibility index (Phi) is 13.2. The second kappa shape index (κ2) is 19.8. The number of aromatic nitrogens is 4. The molecule has 1 saturated heterocycles. The fourth-order valence-corrected chi connectivity index (χ4v) is 10.5. The van der Waals surface area contributed by atoms with E-state index in [2.05, 4.69) is 132 Å². The molecule has 0 aliphatic carbocycles. The van der Waals surface area contributed by atoms with Gasteiger partial charge in [0.1, 0.15) is 17.2 Å². The molecule has 3 aliphatic rings. The van der Waals surface area contributed by atoms with E-state index in [1.54, 1.807) is 18.8 Å². The summed E-state index contributed by atoms with van der Waals surface area (Å²) < 4.78 is 13.6. The third-order valence-corrected chi connectivity index (χ3v) is 14.0. The van der Waals surface area contributed by atoms with Gasteiger partial charge in [0.2, 0.25) is 0 Å². The van der Waals surface area contributed by atoms with Crippen molar-refractivity contribution >= 4 is 51.6 Å². The molecular formula is C59H65N9O3. The maximum absolute atomic E-state index is 14.7. The first-order chi connectivity index (χ1) is 34.3. The molecular weight excluding hydrogens is 883 g/mol. The van der Waals surface area contributed by atoms with Gasteiger partial charge in [-0.05, 0) is 138 Å². The van der Waals surface area contributed by atoms with Crippen LogP contribution in [0.2, 0.25) is 0 Å². The first-order valence-corrected chi connectivity index (χ1v) is 24.9. The van der Waals surface area contributed by atoms with E-state index in [4.69, 9.17) is 19.5 Å². The highest BCUT2D eigenvalue weighted by Crippen LogP contribution is 2.31. The first-order valence-electron chi connectivity index (χ1n) is 24.9. The Hall–Kier alpha value is -7.41. The Balaban J connectivity index is 0.931. The molecule has 4 aromatic heterocycles. The molecule has 3 aliphatic heterocycles. The number of likely N-dealkylation sites (tertiary alicyclic amines) is 1. The van der Waals surface area contributed by atoms with E-state index >= 15 is 0 Å². The van der Waals surface area contributed by atoms with Gasteiger partial charge < -0.3 is 34.6 Å². The van der Waals surface area contributed by atoms with E-state index < -0.39 is 0 Å². The fraction of sp³-hybridized carbons (Fsp3) is 0.305. The van der Waals surface area contributed by atoms with Gasteiger partial charge in [-0.1, -0.05) is 50.2 Å². The number of para-hydroxylation sites is 2. The number of carbonyl (C=O) groups excluding carboxylic acids is 1. The molecule has 71 heavy (non-hydrogen) atoms. The molecule has 0 saturated carbocycles. The lowest BCUT2D eigenvalue weighted by molar-refractivity contribution is 0.0964. The van der Waals surface area contributed by atoms with Gasteiger partial charge in [0, 0.05) is 93.6 Å². The van der Waals surface area contributed by atoms with Crippen LogP contribution in [0.3, 0.4) is 0 Å². The highest BCUT2D eigenvalue weighted by molar-refractivity contribution is 6.17. The molecule has 1 fully saturated rings. The average Bonchev–Trinajstić information content (AvgIpc) is 4.22. The molecule has 12 nitrogen and oxygen atoms in total. The number of anilines is 1. The molecule has 3 aromatic carbocycles. The lowest BCUT2D eigenvalue weighted by atomic mass is 10.0. The molecule has 12 heteroatoms. The molecule has 7 heterocycles. The predicted molar refractivity (Wildman–Crippen MR) is 287 cm³/mol. The van der Waals surface area contributed by atoms with Crippen molar-refractivity contribution in [3.63, 3.8) is 0 Å². The van der Waals surface area contributed by atoms with Crippen LogP contribution in [0.4, 0.5) is 5.69 Å². The molecule has 0 atom stereocenters. The van der Waals surface area contributed by atoms with Gasteiger partial charge in [-0.15, -0.1) is 0 Å². The van der Waals surface area contributed by atoms with Crippen LogP contribution in [-0.4, -0.2) is 88.0 Å². The number of fused-ring (bicyclic) bond motifs is 2. The van der Waals surface area contributed by atoms with Crippen LogP contribution in [0.1, 0.15) is 90.5 Å². The zero-order valence-electron chi connectivity index (χ0n) is 42.4. The minimum atomic E-state index is -0.138. The Morgan fingerprint density at radius 2 is 1.56 bits per heavy atom. The molecule has 0 amide bonds. The summed E-state index contributed by atoms with van der Waals surface area (Å²) in [6.45, 7) is 18.6. The molecule has 0 unspecified atom stereocenters. The Morgan fingerprint density at radius 1 is 0.831 bits per heavy atom. The summed E-state index contributed by atoms with van der Waals surface area (Å²) in [5, 5.41) is 8.69. The number of rotatable bonds is 14. The number of piperidine rings is 1. The minimum absolute atomic E-state index is 0.138. The van der Waals surface area contributed by atoms with Gasteiger partial charge >= 0.3 is 0 Å². The number of hydrogen-bond donors (Lipinski definition) is 4. The number of aryl methyl sites for hydroxylation is 3. The van der Waals surface area contributed by atoms with Crippen molar-refractivity contribution in [3.05, 3.63) is 181 Å². The lowest BCUT2D eigenvalue weighted by Gasteiger charge is -2.33. The number of nitrogens with one attached hydrogen (secondary N) is 4. The molecule has 4 N–H and O–H groups in total. The van der Waals surface area contributed by atoms with Crippen LogP contribution in [0.5, 0.6) is 5.75 Å². The van der Waals surface area contributed by atoms with Gasteiger partial charge in [0.05, 0.1) is 52.9 Å². The maximum atomic E-state index is 14.7.